The lowest BCUT2D eigenvalue weighted by molar-refractivity contribution is 0.0734. The summed E-state index contributed by atoms with van der Waals surface area (Å²) in [6.07, 6.45) is 0. The molecular formula is C22H18O4. The monoisotopic (exact) mass is 346 g/mol. The van der Waals surface area contributed by atoms with Gasteiger partial charge in [-0.15, -0.1) is 0 Å². The molecule has 0 saturated heterocycles. The van der Waals surface area contributed by atoms with Crippen LogP contribution in [0.3, 0.4) is 0 Å². The first kappa shape index (κ1) is 17.4. The first-order chi connectivity index (χ1) is 12.6. The molecular weight excluding hydrogens is 328 g/mol. The van der Waals surface area contributed by atoms with Gasteiger partial charge >= 0.3 is 5.97 Å². The highest BCUT2D eigenvalue weighted by atomic mass is 16.5. The highest BCUT2D eigenvalue weighted by molar-refractivity contribution is 5.94. The number of hydrogen-bond acceptors (Lipinski definition) is 4. The summed E-state index contributed by atoms with van der Waals surface area (Å²) < 4.78 is 10.5. The van der Waals surface area contributed by atoms with Gasteiger partial charge in [-0.05, 0) is 66.6 Å². The predicted molar refractivity (Wildman–Crippen MR) is 99.8 cm³/mol. The Morgan fingerprint density at radius 1 is 0.654 bits per heavy atom. The van der Waals surface area contributed by atoms with Crippen molar-refractivity contribution < 1.29 is 19.1 Å². The fraction of sp³-hybridized carbons (Fsp3) is 0.0909. The molecule has 3 aromatic carbocycles. The van der Waals surface area contributed by atoms with Crippen LogP contribution in [-0.2, 0) is 0 Å². The predicted octanol–water partition coefficient (Wildman–Crippen LogP) is 4.78. The second-order valence-electron chi connectivity index (χ2n) is 5.78. The number of carbonyl (C=O) groups is 2. The van der Waals surface area contributed by atoms with Gasteiger partial charge in [-0.2, -0.15) is 0 Å². The molecule has 0 saturated carbocycles. The number of benzene rings is 3. The minimum absolute atomic E-state index is 0.0306. The van der Waals surface area contributed by atoms with Crippen molar-refractivity contribution in [3.05, 3.63) is 83.9 Å². The van der Waals surface area contributed by atoms with Gasteiger partial charge in [-0.3, -0.25) is 4.79 Å². The molecule has 0 aliphatic heterocycles. The lowest BCUT2D eigenvalue weighted by Gasteiger charge is -2.07. The van der Waals surface area contributed by atoms with E-state index in [4.69, 9.17) is 9.47 Å². The molecule has 26 heavy (non-hydrogen) atoms. The third kappa shape index (κ3) is 3.98. The van der Waals surface area contributed by atoms with Crippen LogP contribution in [0.4, 0.5) is 0 Å². The zero-order valence-electron chi connectivity index (χ0n) is 14.6. The van der Waals surface area contributed by atoms with E-state index in [1.165, 1.54) is 6.92 Å². The fourth-order valence-electron chi connectivity index (χ4n) is 2.51. The molecule has 3 rings (SSSR count). The van der Waals surface area contributed by atoms with Crippen LogP contribution >= 0.6 is 0 Å². The van der Waals surface area contributed by atoms with Gasteiger partial charge in [-0.1, -0.05) is 24.3 Å². The van der Waals surface area contributed by atoms with Crippen molar-refractivity contribution in [3.8, 4) is 22.6 Å². The van der Waals surface area contributed by atoms with E-state index in [1.54, 1.807) is 43.5 Å². The lowest BCUT2D eigenvalue weighted by Crippen LogP contribution is -2.08. The van der Waals surface area contributed by atoms with Crippen LogP contribution < -0.4 is 9.47 Å². The van der Waals surface area contributed by atoms with Crippen molar-refractivity contribution in [2.75, 3.05) is 7.11 Å². The molecule has 0 heterocycles. The average molecular weight is 346 g/mol. The summed E-state index contributed by atoms with van der Waals surface area (Å²) in [6.45, 7) is 1.49. The lowest BCUT2D eigenvalue weighted by atomic mass is 10.0. The summed E-state index contributed by atoms with van der Waals surface area (Å²) in [4.78, 5) is 23.5. The third-order valence-corrected chi connectivity index (χ3v) is 4.02. The largest absolute Gasteiger partial charge is 0.497 e. The van der Waals surface area contributed by atoms with Gasteiger partial charge in [0.05, 0.1) is 12.7 Å². The number of esters is 1. The molecule has 0 aliphatic carbocycles. The number of hydrogen-bond donors (Lipinski definition) is 0. The molecule has 3 aromatic rings. The second kappa shape index (κ2) is 7.66. The van der Waals surface area contributed by atoms with Gasteiger partial charge in [0, 0.05) is 5.56 Å². The van der Waals surface area contributed by atoms with E-state index in [9.17, 15) is 9.59 Å². The van der Waals surface area contributed by atoms with Crippen molar-refractivity contribution in [2.24, 2.45) is 0 Å². The molecule has 130 valence electrons. The Kier molecular flexibility index (Phi) is 5.13. The quantitative estimate of drug-likeness (QED) is 0.379. The molecule has 0 unspecified atom stereocenters. The van der Waals surface area contributed by atoms with Gasteiger partial charge in [-0.25, -0.2) is 4.79 Å². The van der Waals surface area contributed by atoms with Crippen LogP contribution in [-0.4, -0.2) is 18.9 Å². The third-order valence-electron chi connectivity index (χ3n) is 4.02. The number of ether oxygens (including phenoxy) is 2. The van der Waals surface area contributed by atoms with E-state index in [-0.39, 0.29) is 5.78 Å². The molecule has 0 aromatic heterocycles. The highest BCUT2D eigenvalue weighted by Gasteiger charge is 2.09. The summed E-state index contributed by atoms with van der Waals surface area (Å²) in [6, 6.07) is 21.4. The van der Waals surface area contributed by atoms with Crippen molar-refractivity contribution in [1.82, 2.24) is 0 Å². The topological polar surface area (TPSA) is 52.6 Å². The van der Waals surface area contributed by atoms with Crippen LogP contribution in [0.15, 0.2) is 72.8 Å². The van der Waals surface area contributed by atoms with Crippen LogP contribution in [0.2, 0.25) is 0 Å². The van der Waals surface area contributed by atoms with E-state index < -0.39 is 5.97 Å². The maximum atomic E-state index is 12.3. The molecule has 0 radical (unpaired) electrons. The van der Waals surface area contributed by atoms with Crippen molar-refractivity contribution in [2.45, 2.75) is 6.92 Å². The fourth-order valence-corrected chi connectivity index (χ4v) is 2.51. The maximum absolute atomic E-state index is 12.3. The Balaban J connectivity index is 1.70. The summed E-state index contributed by atoms with van der Waals surface area (Å²) >= 11 is 0. The van der Waals surface area contributed by atoms with Crippen LogP contribution in [0.5, 0.6) is 11.5 Å². The standard InChI is InChI=1S/C22H18O4/c1-15(23)16-7-13-21(14-8-16)26-22(24)19-5-3-17(4-6-19)18-9-11-20(25-2)12-10-18/h3-14H,1-2H3. The zero-order chi connectivity index (χ0) is 18.5. The molecule has 0 spiro atoms. The zero-order valence-corrected chi connectivity index (χ0v) is 14.6. The van der Waals surface area contributed by atoms with Gasteiger partial charge in [0.25, 0.3) is 0 Å². The molecule has 0 atom stereocenters. The Morgan fingerprint density at radius 2 is 1.12 bits per heavy atom. The maximum Gasteiger partial charge on any atom is 0.343 e. The van der Waals surface area contributed by atoms with E-state index in [0.29, 0.717) is 16.9 Å². The summed E-state index contributed by atoms with van der Waals surface area (Å²) in [5.74, 6) is 0.725. The molecule has 0 fully saturated rings. The van der Waals surface area contributed by atoms with Crippen molar-refractivity contribution >= 4 is 11.8 Å². The Bertz CT molecular complexity index is 908. The minimum Gasteiger partial charge on any atom is -0.497 e. The number of methoxy groups -OCH3 is 1. The average Bonchev–Trinajstić information content (AvgIpc) is 2.68. The summed E-state index contributed by atoms with van der Waals surface area (Å²) in [5, 5.41) is 0. The van der Waals surface area contributed by atoms with Crippen LogP contribution in [0.25, 0.3) is 11.1 Å². The van der Waals surface area contributed by atoms with Gasteiger partial charge in [0.2, 0.25) is 0 Å². The van der Waals surface area contributed by atoms with E-state index in [1.807, 2.05) is 36.4 Å². The van der Waals surface area contributed by atoms with Crippen LogP contribution in [0.1, 0.15) is 27.6 Å². The number of ketones is 1. The second-order valence-corrected chi connectivity index (χ2v) is 5.78. The molecule has 4 heteroatoms. The van der Waals surface area contributed by atoms with Gasteiger partial charge in [0.15, 0.2) is 5.78 Å². The van der Waals surface area contributed by atoms with Crippen molar-refractivity contribution in [3.63, 3.8) is 0 Å². The SMILES string of the molecule is COc1ccc(-c2ccc(C(=O)Oc3ccc(C(C)=O)cc3)cc2)cc1. The molecule has 0 amide bonds. The smallest absolute Gasteiger partial charge is 0.343 e. The Morgan fingerprint density at radius 3 is 1.62 bits per heavy atom. The summed E-state index contributed by atoms with van der Waals surface area (Å²) in [5.41, 5.74) is 3.06. The first-order valence-corrected chi connectivity index (χ1v) is 8.14. The normalized spacial score (nSPS) is 10.2. The minimum atomic E-state index is -0.443. The van der Waals surface area contributed by atoms with E-state index >= 15 is 0 Å². The molecule has 0 bridgehead atoms. The van der Waals surface area contributed by atoms with Crippen LogP contribution in [0, 0.1) is 0 Å². The first-order valence-electron chi connectivity index (χ1n) is 8.14. The number of Topliss-reactive ketones (excluding diaryl/α,β-unsaturated/α-hetero) is 1. The van der Waals surface area contributed by atoms with E-state index in [2.05, 4.69) is 0 Å². The summed E-state index contributed by atoms with van der Waals surface area (Å²) in [7, 11) is 1.63. The molecule has 0 N–H and O–H groups in total. The van der Waals surface area contributed by atoms with Crippen molar-refractivity contribution in [1.29, 1.82) is 0 Å². The van der Waals surface area contributed by atoms with Gasteiger partial charge in [0.1, 0.15) is 11.5 Å². The molecule has 0 aliphatic rings. The van der Waals surface area contributed by atoms with E-state index in [0.717, 1.165) is 16.9 Å². The molecule has 4 nitrogen and oxygen atoms in total. The van der Waals surface area contributed by atoms with Gasteiger partial charge < -0.3 is 9.47 Å². The number of carbonyl (C=O) groups excluding carboxylic acids is 2. The highest BCUT2D eigenvalue weighted by Crippen LogP contribution is 2.23. The Labute approximate surface area is 152 Å². The number of rotatable bonds is 5. The Hall–Kier alpha value is -3.40.